The van der Waals surface area contributed by atoms with E-state index in [1.54, 1.807) is 14.2 Å². The Bertz CT molecular complexity index is 821. The number of hydrogen-bond acceptors (Lipinski definition) is 5. The van der Waals surface area contributed by atoms with Gasteiger partial charge in [-0.15, -0.1) is 0 Å². The zero-order chi connectivity index (χ0) is 21.2. The van der Waals surface area contributed by atoms with Crippen LogP contribution in [0, 0.1) is 0 Å². The molecule has 1 aliphatic heterocycles. The number of piperidine rings is 1. The van der Waals surface area contributed by atoms with E-state index in [-0.39, 0.29) is 6.10 Å². The van der Waals surface area contributed by atoms with Crippen LogP contribution in [0.5, 0.6) is 11.5 Å². The van der Waals surface area contributed by atoms with Gasteiger partial charge < -0.3 is 25.0 Å². The molecule has 1 aliphatic rings. The quantitative estimate of drug-likeness (QED) is 0.513. The molecular weight excluding hydrogens is 378 g/mol. The molecule has 1 unspecified atom stereocenters. The minimum absolute atomic E-state index is 0.0496. The van der Waals surface area contributed by atoms with Crippen LogP contribution in [0.3, 0.4) is 0 Å². The van der Waals surface area contributed by atoms with E-state index >= 15 is 0 Å². The molecule has 0 saturated carbocycles. The number of benzene rings is 1. The first kappa shape index (κ1) is 21.7. The summed E-state index contributed by atoms with van der Waals surface area (Å²) in [6.45, 7) is 5.51. The van der Waals surface area contributed by atoms with Crippen LogP contribution in [-0.2, 0) is 6.54 Å². The Morgan fingerprint density at radius 2 is 1.90 bits per heavy atom. The summed E-state index contributed by atoms with van der Waals surface area (Å²) in [5.41, 5.74) is 1.19. The van der Waals surface area contributed by atoms with Gasteiger partial charge in [0, 0.05) is 32.9 Å². The van der Waals surface area contributed by atoms with Crippen LogP contribution in [0.1, 0.15) is 31.7 Å². The highest BCUT2D eigenvalue weighted by atomic mass is 16.5. The molecule has 0 bridgehead atoms. The zero-order valence-corrected chi connectivity index (χ0v) is 18.2. The van der Waals surface area contributed by atoms with Crippen LogP contribution in [0.25, 0.3) is 0 Å². The van der Waals surface area contributed by atoms with E-state index in [9.17, 15) is 0 Å². The second-order valence-electron chi connectivity index (χ2n) is 7.46. The van der Waals surface area contributed by atoms with E-state index in [1.807, 2.05) is 43.5 Å². The highest BCUT2D eigenvalue weighted by Gasteiger charge is 2.13. The van der Waals surface area contributed by atoms with E-state index in [0.29, 0.717) is 13.1 Å². The van der Waals surface area contributed by atoms with E-state index in [4.69, 9.17) is 9.47 Å². The van der Waals surface area contributed by atoms with Crippen molar-refractivity contribution in [2.75, 3.05) is 38.7 Å². The Morgan fingerprint density at radius 3 is 2.63 bits per heavy atom. The third-order valence-corrected chi connectivity index (χ3v) is 5.13. The molecule has 7 nitrogen and oxygen atoms in total. The third-order valence-electron chi connectivity index (χ3n) is 5.13. The molecule has 0 amide bonds. The highest BCUT2D eigenvalue weighted by molar-refractivity contribution is 5.79. The van der Waals surface area contributed by atoms with E-state index in [1.165, 1.54) is 24.8 Å². The number of guanidine groups is 1. The van der Waals surface area contributed by atoms with Gasteiger partial charge in [0.25, 0.3) is 0 Å². The fraction of sp³-hybridized carbons (Fsp3) is 0.478. The molecule has 7 heteroatoms. The molecule has 1 atom stereocenters. The van der Waals surface area contributed by atoms with Crippen molar-refractivity contribution in [1.29, 1.82) is 0 Å². The number of anilines is 1. The van der Waals surface area contributed by atoms with Gasteiger partial charge in [-0.25, -0.2) is 4.98 Å². The first-order chi connectivity index (χ1) is 14.7. The standard InChI is InChI=1S/C23H33N5O2/c1-18(30-21-10-6-5-9-20(21)29-3)16-26-23(24-2)27-17-19-11-12-25-22(15-19)28-13-7-4-8-14-28/h5-6,9-12,15,18H,4,7-8,13-14,16-17H2,1-3H3,(H2,24,26,27). The van der Waals surface area contributed by atoms with E-state index in [0.717, 1.165) is 36.4 Å². The Morgan fingerprint density at radius 1 is 1.13 bits per heavy atom. The second-order valence-corrected chi connectivity index (χ2v) is 7.46. The summed E-state index contributed by atoms with van der Waals surface area (Å²) < 4.78 is 11.3. The monoisotopic (exact) mass is 411 g/mol. The largest absolute Gasteiger partial charge is 0.493 e. The SMILES string of the molecule is CN=C(NCc1ccnc(N2CCCCC2)c1)NCC(C)Oc1ccccc1OC. The van der Waals surface area contributed by atoms with Gasteiger partial charge in [-0.3, -0.25) is 4.99 Å². The van der Waals surface area contributed by atoms with Crippen molar-refractivity contribution in [1.82, 2.24) is 15.6 Å². The molecule has 1 aromatic heterocycles. The van der Waals surface area contributed by atoms with Crippen molar-refractivity contribution in [3.8, 4) is 11.5 Å². The second kappa shape index (κ2) is 11.3. The fourth-order valence-electron chi connectivity index (χ4n) is 3.49. The topological polar surface area (TPSA) is 71.0 Å². The van der Waals surface area contributed by atoms with Crippen LogP contribution in [0.15, 0.2) is 47.6 Å². The molecule has 2 N–H and O–H groups in total. The lowest BCUT2D eigenvalue weighted by molar-refractivity contribution is 0.213. The van der Waals surface area contributed by atoms with Crippen molar-refractivity contribution in [2.24, 2.45) is 4.99 Å². The van der Waals surface area contributed by atoms with Crippen molar-refractivity contribution < 1.29 is 9.47 Å². The number of hydrogen-bond donors (Lipinski definition) is 2. The van der Waals surface area contributed by atoms with Gasteiger partial charge in [0.1, 0.15) is 11.9 Å². The lowest BCUT2D eigenvalue weighted by Gasteiger charge is -2.28. The zero-order valence-electron chi connectivity index (χ0n) is 18.2. The maximum absolute atomic E-state index is 5.99. The maximum Gasteiger partial charge on any atom is 0.191 e. The summed E-state index contributed by atoms with van der Waals surface area (Å²) in [6.07, 6.45) is 5.65. The molecule has 30 heavy (non-hydrogen) atoms. The Hall–Kier alpha value is -2.96. The molecule has 0 radical (unpaired) electrons. The summed E-state index contributed by atoms with van der Waals surface area (Å²) >= 11 is 0. The smallest absolute Gasteiger partial charge is 0.191 e. The number of ether oxygens (including phenoxy) is 2. The lowest BCUT2D eigenvalue weighted by atomic mass is 10.1. The van der Waals surface area contributed by atoms with Gasteiger partial charge in [0.15, 0.2) is 17.5 Å². The minimum atomic E-state index is -0.0496. The molecule has 2 heterocycles. The molecule has 1 aromatic carbocycles. The van der Waals surface area contributed by atoms with Crippen molar-refractivity contribution in [2.45, 2.75) is 38.8 Å². The summed E-state index contributed by atoms with van der Waals surface area (Å²) in [7, 11) is 3.42. The predicted octanol–water partition coefficient (Wildman–Crippen LogP) is 3.21. The number of pyridine rings is 1. The van der Waals surface area contributed by atoms with Gasteiger partial charge >= 0.3 is 0 Å². The lowest BCUT2D eigenvalue weighted by Crippen LogP contribution is -2.41. The predicted molar refractivity (Wildman–Crippen MR) is 122 cm³/mol. The average Bonchev–Trinajstić information content (AvgIpc) is 2.80. The summed E-state index contributed by atoms with van der Waals surface area (Å²) in [5, 5.41) is 6.69. The van der Waals surface area contributed by atoms with Gasteiger partial charge in [-0.1, -0.05) is 12.1 Å². The Kier molecular flexibility index (Phi) is 8.18. The Labute approximate surface area is 179 Å². The number of para-hydroxylation sites is 2. The number of methoxy groups -OCH3 is 1. The number of aliphatic imine (C=N–C) groups is 1. The molecule has 2 aromatic rings. The molecule has 162 valence electrons. The molecule has 1 fully saturated rings. The molecule has 3 rings (SSSR count). The first-order valence-corrected chi connectivity index (χ1v) is 10.6. The van der Waals surface area contributed by atoms with Crippen LogP contribution in [-0.4, -0.2) is 50.8 Å². The van der Waals surface area contributed by atoms with Crippen molar-refractivity contribution in [3.05, 3.63) is 48.2 Å². The number of rotatable bonds is 8. The van der Waals surface area contributed by atoms with Gasteiger partial charge in [0.2, 0.25) is 0 Å². The molecule has 0 spiro atoms. The van der Waals surface area contributed by atoms with Crippen LogP contribution >= 0.6 is 0 Å². The van der Waals surface area contributed by atoms with Gasteiger partial charge in [0.05, 0.1) is 13.7 Å². The third kappa shape index (κ3) is 6.27. The van der Waals surface area contributed by atoms with Gasteiger partial charge in [-0.2, -0.15) is 0 Å². The maximum atomic E-state index is 5.99. The van der Waals surface area contributed by atoms with Crippen molar-refractivity contribution in [3.63, 3.8) is 0 Å². The number of nitrogens with one attached hydrogen (secondary N) is 2. The van der Waals surface area contributed by atoms with Crippen molar-refractivity contribution >= 4 is 11.8 Å². The van der Waals surface area contributed by atoms with Crippen LogP contribution < -0.4 is 25.0 Å². The first-order valence-electron chi connectivity index (χ1n) is 10.6. The summed E-state index contributed by atoms with van der Waals surface area (Å²) in [5.74, 6) is 3.27. The van der Waals surface area contributed by atoms with Gasteiger partial charge in [-0.05, 0) is 56.0 Å². The summed E-state index contributed by atoms with van der Waals surface area (Å²) in [4.78, 5) is 11.2. The molecule has 1 saturated heterocycles. The fourth-order valence-corrected chi connectivity index (χ4v) is 3.49. The van der Waals surface area contributed by atoms with E-state index < -0.39 is 0 Å². The number of aromatic nitrogens is 1. The molecular formula is C23H33N5O2. The number of nitrogens with zero attached hydrogens (tertiary/aromatic N) is 3. The minimum Gasteiger partial charge on any atom is -0.493 e. The highest BCUT2D eigenvalue weighted by Crippen LogP contribution is 2.26. The molecule has 0 aliphatic carbocycles. The summed E-state index contributed by atoms with van der Waals surface area (Å²) in [6, 6.07) is 11.9. The average molecular weight is 412 g/mol. The Balaban J connectivity index is 1.48. The van der Waals surface area contributed by atoms with Crippen LogP contribution in [0.2, 0.25) is 0 Å². The van der Waals surface area contributed by atoms with E-state index in [2.05, 4.69) is 31.6 Å². The normalized spacial score (nSPS) is 15.4. The van der Waals surface area contributed by atoms with Crippen LogP contribution in [0.4, 0.5) is 5.82 Å².